The molecule has 0 amide bonds. The molecule has 0 aliphatic carbocycles. The summed E-state index contributed by atoms with van der Waals surface area (Å²) in [7, 11) is 0. The van der Waals surface area contributed by atoms with Gasteiger partial charge in [-0.25, -0.2) is 15.0 Å². The van der Waals surface area contributed by atoms with E-state index < -0.39 is 0 Å². The number of hydrogen-bond donors (Lipinski definition) is 1. The van der Waals surface area contributed by atoms with Crippen molar-refractivity contribution in [2.24, 2.45) is 9.98 Å². The lowest BCUT2D eigenvalue weighted by molar-refractivity contribution is 0.674. The van der Waals surface area contributed by atoms with Crippen LogP contribution in [-0.2, 0) is 0 Å². The predicted octanol–water partition coefficient (Wildman–Crippen LogP) is 8.61. The third-order valence-corrected chi connectivity index (χ3v) is 7.98. The van der Waals surface area contributed by atoms with Crippen LogP contribution < -0.4 is 5.32 Å². The minimum atomic E-state index is -0.370. The summed E-state index contributed by atoms with van der Waals surface area (Å²) < 4.78 is 0. The van der Waals surface area contributed by atoms with Crippen molar-refractivity contribution in [2.45, 2.75) is 6.17 Å². The van der Waals surface area contributed by atoms with Gasteiger partial charge < -0.3 is 5.32 Å². The van der Waals surface area contributed by atoms with Crippen molar-refractivity contribution < 1.29 is 0 Å². The van der Waals surface area contributed by atoms with Gasteiger partial charge in [-0.1, -0.05) is 109 Å². The van der Waals surface area contributed by atoms with Crippen LogP contribution in [0, 0.1) is 0 Å². The Labute approximate surface area is 255 Å². The molecule has 0 spiro atoms. The zero-order chi connectivity index (χ0) is 29.3. The van der Waals surface area contributed by atoms with Gasteiger partial charge in [-0.05, 0) is 52.4 Å². The molecular formula is C39H27N5. The number of aliphatic imine (C=N–C) groups is 2. The van der Waals surface area contributed by atoms with E-state index >= 15 is 0 Å². The quantitative estimate of drug-likeness (QED) is 0.213. The van der Waals surface area contributed by atoms with E-state index in [1.807, 2.05) is 60.9 Å². The number of para-hydroxylation sites is 1. The SMILES string of the molecule is c1ccc(C2=NC(c3cc(-c4ccccc4)cc(-c4nc5ccccc5c5ccncc45)c3)NC(c3ccccc3)=N2)cc1. The Bertz CT molecular complexity index is 2190. The van der Waals surface area contributed by atoms with Crippen LogP contribution in [0.25, 0.3) is 44.1 Å². The maximum atomic E-state index is 5.20. The van der Waals surface area contributed by atoms with E-state index in [1.54, 1.807) is 0 Å². The highest BCUT2D eigenvalue weighted by Gasteiger charge is 2.23. The lowest BCUT2D eigenvalue weighted by Crippen LogP contribution is -2.33. The molecule has 3 heterocycles. The number of benzene rings is 5. The maximum absolute atomic E-state index is 5.20. The van der Waals surface area contributed by atoms with E-state index in [0.717, 1.165) is 66.6 Å². The van der Waals surface area contributed by atoms with Crippen LogP contribution in [-0.4, -0.2) is 21.6 Å². The van der Waals surface area contributed by atoms with Crippen molar-refractivity contribution >= 4 is 33.3 Å². The average molecular weight is 566 g/mol. The van der Waals surface area contributed by atoms with Gasteiger partial charge in [-0.15, -0.1) is 0 Å². The molecule has 1 unspecified atom stereocenters. The van der Waals surface area contributed by atoms with Crippen molar-refractivity contribution in [3.63, 3.8) is 0 Å². The maximum Gasteiger partial charge on any atom is 0.159 e. The Morgan fingerprint density at radius 1 is 0.523 bits per heavy atom. The molecule has 2 aromatic heterocycles. The minimum Gasteiger partial charge on any atom is -0.344 e. The highest BCUT2D eigenvalue weighted by molar-refractivity contribution is 6.13. The molecule has 1 atom stereocenters. The molecule has 0 bridgehead atoms. The molecule has 208 valence electrons. The number of nitrogens with one attached hydrogen (secondary N) is 1. The normalized spacial score (nSPS) is 14.6. The summed E-state index contributed by atoms with van der Waals surface area (Å²) in [4.78, 5) is 19.8. The van der Waals surface area contributed by atoms with Crippen LogP contribution in [0.15, 0.2) is 162 Å². The largest absolute Gasteiger partial charge is 0.344 e. The summed E-state index contributed by atoms with van der Waals surface area (Å²) in [5, 5.41) is 6.90. The molecule has 7 aromatic rings. The molecule has 1 aliphatic rings. The van der Waals surface area contributed by atoms with E-state index in [4.69, 9.17) is 15.0 Å². The van der Waals surface area contributed by atoms with Gasteiger partial charge in [0, 0.05) is 39.9 Å². The highest BCUT2D eigenvalue weighted by Crippen LogP contribution is 2.36. The fourth-order valence-electron chi connectivity index (χ4n) is 5.84. The van der Waals surface area contributed by atoms with E-state index in [2.05, 4.69) is 101 Å². The fraction of sp³-hybridized carbons (Fsp3) is 0.0256. The highest BCUT2D eigenvalue weighted by atomic mass is 15.2. The molecule has 0 radical (unpaired) electrons. The smallest absolute Gasteiger partial charge is 0.159 e. The molecule has 5 nitrogen and oxygen atoms in total. The first-order valence-electron chi connectivity index (χ1n) is 14.7. The van der Waals surface area contributed by atoms with Crippen molar-refractivity contribution in [1.82, 2.24) is 15.3 Å². The summed E-state index contributed by atoms with van der Waals surface area (Å²) in [5.41, 5.74) is 8.06. The number of nitrogens with zero attached hydrogens (tertiary/aromatic N) is 4. The number of aromatic nitrogens is 2. The molecular weight excluding hydrogens is 538 g/mol. The van der Waals surface area contributed by atoms with Crippen LogP contribution in [0.2, 0.25) is 0 Å². The van der Waals surface area contributed by atoms with Gasteiger partial charge in [0.15, 0.2) is 5.84 Å². The zero-order valence-corrected chi connectivity index (χ0v) is 23.8. The van der Waals surface area contributed by atoms with Crippen LogP contribution >= 0.6 is 0 Å². The van der Waals surface area contributed by atoms with Crippen LogP contribution in [0.5, 0.6) is 0 Å². The monoisotopic (exact) mass is 565 g/mol. The summed E-state index contributed by atoms with van der Waals surface area (Å²) in [6, 6.07) is 47.8. The molecule has 1 N–H and O–H groups in total. The second kappa shape index (κ2) is 11.0. The second-order valence-electron chi connectivity index (χ2n) is 10.8. The second-order valence-corrected chi connectivity index (χ2v) is 10.8. The van der Waals surface area contributed by atoms with Crippen LogP contribution in [0.1, 0.15) is 22.9 Å². The Morgan fingerprint density at radius 2 is 1.18 bits per heavy atom. The molecule has 5 aromatic carbocycles. The standard InChI is InChI=1S/C39H27N5/c1-4-12-26(13-5-1)29-22-30(36-34-25-40-21-20-32(34)33-18-10-11-19-35(33)41-36)24-31(23-29)39-43-37(27-14-6-2-7-15-27)42-38(44-39)28-16-8-3-9-17-28/h1-25,39H,(H,42,43,44). The van der Waals surface area contributed by atoms with Gasteiger partial charge in [0.1, 0.15) is 12.0 Å². The molecule has 1 aliphatic heterocycles. The summed E-state index contributed by atoms with van der Waals surface area (Å²) in [6.07, 6.45) is 3.40. The lowest BCUT2D eigenvalue weighted by Gasteiger charge is -2.25. The Morgan fingerprint density at radius 3 is 1.95 bits per heavy atom. The first kappa shape index (κ1) is 25.7. The van der Waals surface area contributed by atoms with Crippen LogP contribution in [0.3, 0.4) is 0 Å². The number of fused-ring (bicyclic) bond motifs is 3. The van der Waals surface area contributed by atoms with E-state index in [0.29, 0.717) is 5.84 Å². The molecule has 0 saturated heterocycles. The van der Waals surface area contributed by atoms with Gasteiger partial charge in [0.25, 0.3) is 0 Å². The molecule has 0 fully saturated rings. The topological polar surface area (TPSA) is 62.5 Å². The zero-order valence-electron chi connectivity index (χ0n) is 23.8. The number of rotatable bonds is 5. The Kier molecular flexibility index (Phi) is 6.46. The van der Waals surface area contributed by atoms with E-state index in [1.165, 1.54) is 0 Å². The summed E-state index contributed by atoms with van der Waals surface area (Å²) in [6.45, 7) is 0. The number of pyridine rings is 2. The average Bonchev–Trinajstić information content (AvgIpc) is 3.12. The van der Waals surface area contributed by atoms with Gasteiger partial charge in [-0.3, -0.25) is 4.98 Å². The molecule has 44 heavy (non-hydrogen) atoms. The van der Waals surface area contributed by atoms with E-state index in [-0.39, 0.29) is 6.17 Å². The Balaban J connectivity index is 1.35. The lowest BCUT2D eigenvalue weighted by atomic mass is 9.94. The minimum absolute atomic E-state index is 0.370. The van der Waals surface area contributed by atoms with Crippen LogP contribution in [0.4, 0.5) is 0 Å². The van der Waals surface area contributed by atoms with Gasteiger partial charge in [-0.2, -0.15) is 0 Å². The Hall–Kier alpha value is -5.94. The third-order valence-electron chi connectivity index (χ3n) is 7.98. The molecule has 0 saturated carbocycles. The predicted molar refractivity (Wildman–Crippen MR) is 180 cm³/mol. The first-order chi connectivity index (χ1) is 21.8. The third kappa shape index (κ3) is 4.80. The van der Waals surface area contributed by atoms with Crippen molar-refractivity contribution in [2.75, 3.05) is 0 Å². The van der Waals surface area contributed by atoms with Crippen molar-refractivity contribution in [3.8, 4) is 22.4 Å². The van der Waals surface area contributed by atoms with Gasteiger partial charge in [0.2, 0.25) is 0 Å². The number of amidine groups is 2. The van der Waals surface area contributed by atoms with Gasteiger partial charge >= 0.3 is 0 Å². The first-order valence-corrected chi connectivity index (χ1v) is 14.7. The summed E-state index contributed by atoms with van der Waals surface area (Å²) >= 11 is 0. The van der Waals surface area contributed by atoms with Gasteiger partial charge in [0.05, 0.1) is 11.2 Å². The molecule has 8 rings (SSSR count). The van der Waals surface area contributed by atoms with Crippen molar-refractivity contribution in [3.05, 3.63) is 169 Å². The summed E-state index contributed by atoms with van der Waals surface area (Å²) in [5.74, 6) is 1.48. The van der Waals surface area contributed by atoms with E-state index in [9.17, 15) is 0 Å². The number of hydrogen-bond acceptors (Lipinski definition) is 5. The van der Waals surface area contributed by atoms with Crippen molar-refractivity contribution in [1.29, 1.82) is 0 Å². The fourth-order valence-corrected chi connectivity index (χ4v) is 5.84. The molecule has 5 heteroatoms.